The standard InChI is InChI=1S/C12H22N4O2/c1-3-4-5-6-7-8-14-10-9-11(18-2)15-12(13)16(10)17/h9,17H,3-8H2,1-2H3,(H2,13,15). The lowest BCUT2D eigenvalue weighted by Gasteiger charge is -2.05. The Balaban J connectivity index is 2.61. The van der Waals surface area contributed by atoms with E-state index < -0.39 is 0 Å². The third kappa shape index (κ3) is 4.27. The minimum Gasteiger partial charge on any atom is -0.481 e. The van der Waals surface area contributed by atoms with Gasteiger partial charge in [0.15, 0.2) is 5.49 Å². The van der Waals surface area contributed by atoms with E-state index in [2.05, 4.69) is 16.9 Å². The molecule has 3 N–H and O–H groups in total. The summed E-state index contributed by atoms with van der Waals surface area (Å²) in [5, 5.41) is 9.64. The zero-order valence-corrected chi connectivity index (χ0v) is 11.1. The maximum Gasteiger partial charge on any atom is 0.239 e. The number of anilines is 1. The molecule has 0 fully saturated rings. The molecule has 0 aliphatic carbocycles. The van der Waals surface area contributed by atoms with E-state index >= 15 is 0 Å². The number of aromatic nitrogens is 2. The van der Waals surface area contributed by atoms with Gasteiger partial charge in [0, 0.05) is 12.6 Å². The van der Waals surface area contributed by atoms with Crippen LogP contribution in [0, 0.1) is 0 Å². The first-order valence-electron chi connectivity index (χ1n) is 6.32. The molecule has 1 rings (SSSR count). The molecule has 0 atom stereocenters. The SMILES string of the molecule is CCCCCCCN=c1cc(OC)nc(N)n1O. The second-order valence-electron chi connectivity index (χ2n) is 4.12. The molecule has 18 heavy (non-hydrogen) atoms. The van der Waals surface area contributed by atoms with Crippen LogP contribution in [0.5, 0.6) is 5.88 Å². The maximum absolute atomic E-state index is 9.64. The highest BCUT2D eigenvalue weighted by Gasteiger charge is 2.02. The van der Waals surface area contributed by atoms with E-state index in [0.717, 1.165) is 17.6 Å². The number of nitrogens with zero attached hydrogens (tertiary/aromatic N) is 3. The molecule has 0 aliphatic heterocycles. The van der Waals surface area contributed by atoms with E-state index in [-0.39, 0.29) is 5.95 Å². The van der Waals surface area contributed by atoms with Crippen LogP contribution in [0.25, 0.3) is 0 Å². The maximum atomic E-state index is 9.64. The second kappa shape index (κ2) is 7.58. The Labute approximate surface area is 107 Å². The van der Waals surface area contributed by atoms with Gasteiger partial charge >= 0.3 is 0 Å². The molecule has 102 valence electrons. The second-order valence-corrected chi connectivity index (χ2v) is 4.12. The first-order valence-corrected chi connectivity index (χ1v) is 6.32. The number of nitrogens with two attached hydrogens (primary N) is 1. The monoisotopic (exact) mass is 254 g/mol. The van der Waals surface area contributed by atoms with Crippen molar-refractivity contribution in [2.45, 2.75) is 39.0 Å². The van der Waals surface area contributed by atoms with Crippen LogP contribution in [0.15, 0.2) is 11.1 Å². The Bertz CT molecular complexity index is 429. The molecular weight excluding hydrogens is 232 g/mol. The fourth-order valence-electron chi connectivity index (χ4n) is 1.61. The Morgan fingerprint density at radius 1 is 1.39 bits per heavy atom. The highest BCUT2D eigenvalue weighted by atomic mass is 16.5. The number of hydrogen-bond donors (Lipinski definition) is 2. The highest BCUT2D eigenvalue weighted by Crippen LogP contribution is 2.04. The molecule has 0 radical (unpaired) electrons. The molecule has 0 amide bonds. The smallest absolute Gasteiger partial charge is 0.239 e. The highest BCUT2D eigenvalue weighted by molar-refractivity contribution is 5.21. The van der Waals surface area contributed by atoms with Gasteiger partial charge in [0.2, 0.25) is 11.8 Å². The largest absolute Gasteiger partial charge is 0.481 e. The summed E-state index contributed by atoms with van der Waals surface area (Å²) in [7, 11) is 1.50. The van der Waals surface area contributed by atoms with Crippen molar-refractivity contribution in [3.8, 4) is 5.88 Å². The quantitative estimate of drug-likeness (QED) is 0.571. The van der Waals surface area contributed by atoms with E-state index in [1.165, 1.54) is 26.4 Å². The summed E-state index contributed by atoms with van der Waals surface area (Å²) in [5.74, 6) is 0.321. The lowest BCUT2D eigenvalue weighted by atomic mass is 10.2. The number of ether oxygens (including phenoxy) is 1. The van der Waals surface area contributed by atoms with Crippen LogP contribution < -0.4 is 16.0 Å². The van der Waals surface area contributed by atoms with Gasteiger partial charge in [-0.05, 0) is 6.42 Å². The minimum absolute atomic E-state index is 0.0286. The molecule has 6 heteroatoms. The molecule has 0 unspecified atom stereocenters. The van der Waals surface area contributed by atoms with Gasteiger partial charge in [0.1, 0.15) is 0 Å². The molecule has 0 bridgehead atoms. The number of rotatable bonds is 7. The molecule has 0 aromatic carbocycles. The average Bonchev–Trinajstić information content (AvgIpc) is 2.38. The van der Waals surface area contributed by atoms with E-state index in [4.69, 9.17) is 10.5 Å². The van der Waals surface area contributed by atoms with Crippen molar-refractivity contribution in [1.29, 1.82) is 0 Å². The van der Waals surface area contributed by atoms with E-state index in [1.807, 2.05) is 0 Å². The van der Waals surface area contributed by atoms with Crippen molar-refractivity contribution in [2.75, 3.05) is 19.4 Å². The van der Waals surface area contributed by atoms with Crippen LogP contribution in [0.2, 0.25) is 0 Å². The summed E-state index contributed by atoms with van der Waals surface area (Å²) in [4.78, 5) is 8.11. The van der Waals surface area contributed by atoms with Crippen molar-refractivity contribution >= 4 is 5.95 Å². The molecule has 6 nitrogen and oxygen atoms in total. The Morgan fingerprint density at radius 3 is 2.78 bits per heavy atom. The molecule has 0 saturated heterocycles. The number of nitrogen functional groups attached to an aromatic ring is 1. The van der Waals surface area contributed by atoms with Crippen LogP contribution >= 0.6 is 0 Å². The summed E-state index contributed by atoms with van der Waals surface area (Å²) in [6.07, 6.45) is 5.87. The van der Waals surface area contributed by atoms with Gasteiger partial charge in [0.05, 0.1) is 7.11 Å². The van der Waals surface area contributed by atoms with Gasteiger partial charge in [-0.25, -0.2) is 0 Å². The molecule has 0 spiro atoms. The van der Waals surface area contributed by atoms with Crippen molar-refractivity contribution in [3.05, 3.63) is 11.6 Å². The summed E-state index contributed by atoms with van der Waals surface area (Å²) >= 11 is 0. The number of methoxy groups -OCH3 is 1. The molecular formula is C12H22N4O2. The zero-order chi connectivity index (χ0) is 13.4. The van der Waals surface area contributed by atoms with Gasteiger partial charge < -0.3 is 15.7 Å². The normalized spacial score (nSPS) is 11.8. The predicted octanol–water partition coefficient (Wildman–Crippen LogP) is 1.58. The topological polar surface area (TPSA) is 85.7 Å². The lowest BCUT2D eigenvalue weighted by Crippen LogP contribution is -2.23. The van der Waals surface area contributed by atoms with Gasteiger partial charge in [-0.2, -0.15) is 4.98 Å². The van der Waals surface area contributed by atoms with Crippen molar-refractivity contribution < 1.29 is 9.94 Å². The van der Waals surface area contributed by atoms with Crippen LogP contribution in [0.3, 0.4) is 0 Å². The molecule has 1 heterocycles. The van der Waals surface area contributed by atoms with Gasteiger partial charge in [-0.1, -0.05) is 32.6 Å². The van der Waals surface area contributed by atoms with Crippen LogP contribution in [0.4, 0.5) is 5.95 Å². The lowest BCUT2D eigenvalue weighted by molar-refractivity contribution is 0.173. The number of unbranched alkanes of at least 4 members (excludes halogenated alkanes) is 4. The number of hydrogen-bond acceptors (Lipinski definition) is 5. The third-order valence-electron chi connectivity index (χ3n) is 2.66. The minimum atomic E-state index is -0.0286. The molecule has 0 aliphatic rings. The van der Waals surface area contributed by atoms with Crippen molar-refractivity contribution in [1.82, 2.24) is 9.71 Å². The van der Waals surface area contributed by atoms with Crippen LogP contribution in [-0.4, -0.2) is 28.6 Å². The summed E-state index contributed by atoms with van der Waals surface area (Å²) in [6.45, 7) is 2.85. The summed E-state index contributed by atoms with van der Waals surface area (Å²) in [5.41, 5.74) is 5.90. The first-order chi connectivity index (χ1) is 8.69. The Morgan fingerprint density at radius 2 is 2.11 bits per heavy atom. The Kier molecular flexibility index (Phi) is 6.04. The summed E-state index contributed by atoms with van der Waals surface area (Å²) in [6, 6.07) is 1.56. The van der Waals surface area contributed by atoms with Crippen molar-refractivity contribution in [2.24, 2.45) is 4.99 Å². The molecule has 0 saturated carbocycles. The Hall–Kier alpha value is -1.72. The van der Waals surface area contributed by atoms with Crippen LogP contribution in [0.1, 0.15) is 39.0 Å². The van der Waals surface area contributed by atoms with Crippen molar-refractivity contribution in [3.63, 3.8) is 0 Å². The molecule has 1 aromatic rings. The van der Waals surface area contributed by atoms with E-state index in [9.17, 15) is 5.21 Å². The van der Waals surface area contributed by atoms with Gasteiger partial charge in [-0.15, -0.1) is 4.73 Å². The zero-order valence-electron chi connectivity index (χ0n) is 11.1. The fourth-order valence-corrected chi connectivity index (χ4v) is 1.61. The fraction of sp³-hybridized carbons (Fsp3) is 0.667. The van der Waals surface area contributed by atoms with Crippen LogP contribution in [-0.2, 0) is 0 Å². The van der Waals surface area contributed by atoms with E-state index in [0.29, 0.717) is 17.9 Å². The average molecular weight is 254 g/mol. The van der Waals surface area contributed by atoms with E-state index in [1.54, 1.807) is 6.07 Å². The predicted molar refractivity (Wildman–Crippen MR) is 69.6 cm³/mol. The first kappa shape index (κ1) is 14.3. The van der Waals surface area contributed by atoms with Gasteiger partial charge in [-0.3, -0.25) is 4.99 Å². The third-order valence-corrected chi connectivity index (χ3v) is 2.66. The molecule has 1 aromatic heterocycles. The van der Waals surface area contributed by atoms with Gasteiger partial charge in [0.25, 0.3) is 0 Å². The summed E-state index contributed by atoms with van der Waals surface area (Å²) < 4.78 is 5.75.